The fourth-order valence-corrected chi connectivity index (χ4v) is 7.86. The molecule has 0 unspecified atom stereocenters. The number of amides is 4. The molecule has 0 aromatic heterocycles. The van der Waals surface area contributed by atoms with Gasteiger partial charge >= 0.3 is 0 Å². The lowest BCUT2D eigenvalue weighted by atomic mass is 9.84. The van der Waals surface area contributed by atoms with E-state index in [-0.39, 0.29) is 0 Å². The Morgan fingerprint density at radius 2 is 0.738 bits per heavy atom. The molecular formula is C36H30N2O4. The van der Waals surface area contributed by atoms with Crippen LogP contribution < -0.4 is 9.80 Å². The van der Waals surface area contributed by atoms with Crippen molar-refractivity contribution in [2.24, 2.45) is 0 Å². The Balaban J connectivity index is 1.26. The van der Waals surface area contributed by atoms with Crippen molar-refractivity contribution in [2.45, 2.75) is 63.2 Å². The maximum absolute atomic E-state index is 14.1. The summed E-state index contributed by atoms with van der Waals surface area (Å²) in [5.74, 6) is -1.06. The van der Waals surface area contributed by atoms with E-state index in [1.54, 1.807) is 24.3 Å². The smallest absolute Gasteiger partial charge is 0.265 e. The fraction of sp³-hybridized carbons (Fsp3) is 0.278. The third-order valence-corrected chi connectivity index (χ3v) is 9.84. The summed E-state index contributed by atoms with van der Waals surface area (Å²) in [4.78, 5) is 58.9. The quantitative estimate of drug-likeness (QED) is 0.242. The van der Waals surface area contributed by atoms with E-state index >= 15 is 0 Å². The standard InChI is InChI=1S/C36H30N2O4/c39-33-25-17-19-27-32-28(36(42)38(35(27)41)30-16-8-6-14-24(30)22-11-3-4-12-22)20-18-26(31(25)32)34(40)37(33)29-15-7-5-13-23(29)21-9-1-2-10-21/h5-8,13-22H,1-4,9-12H2. The third-order valence-electron chi connectivity index (χ3n) is 9.84. The number of carbonyl (C=O) groups is 4. The number of imide groups is 2. The van der Waals surface area contributed by atoms with Crippen LogP contribution in [0.5, 0.6) is 0 Å². The average Bonchev–Trinajstić information content (AvgIpc) is 3.75. The van der Waals surface area contributed by atoms with E-state index in [1.165, 1.54) is 9.80 Å². The van der Waals surface area contributed by atoms with Crippen LogP contribution in [0.1, 0.15) is 116 Å². The number of benzene rings is 4. The summed E-state index contributed by atoms with van der Waals surface area (Å²) in [6, 6.07) is 22.0. The van der Waals surface area contributed by atoms with E-state index in [2.05, 4.69) is 0 Å². The van der Waals surface area contributed by atoms with Gasteiger partial charge in [-0.2, -0.15) is 0 Å². The van der Waals surface area contributed by atoms with Crippen molar-refractivity contribution in [3.63, 3.8) is 0 Å². The summed E-state index contributed by atoms with van der Waals surface area (Å²) in [5.41, 5.74) is 4.65. The maximum Gasteiger partial charge on any atom is 0.265 e. The molecule has 2 heterocycles. The van der Waals surface area contributed by atoms with E-state index in [1.807, 2.05) is 48.5 Å². The van der Waals surface area contributed by atoms with Crippen molar-refractivity contribution >= 4 is 45.8 Å². The predicted molar refractivity (Wildman–Crippen MR) is 162 cm³/mol. The van der Waals surface area contributed by atoms with Gasteiger partial charge in [-0.05, 0) is 85.0 Å². The summed E-state index contributed by atoms with van der Waals surface area (Å²) in [7, 11) is 0. The number of hydrogen-bond acceptors (Lipinski definition) is 4. The number of rotatable bonds is 4. The minimum absolute atomic E-state index is 0.312. The summed E-state index contributed by atoms with van der Waals surface area (Å²) in [6.07, 6.45) is 8.70. The van der Waals surface area contributed by atoms with Crippen LogP contribution in [0.25, 0.3) is 10.8 Å². The molecule has 2 saturated carbocycles. The lowest BCUT2D eigenvalue weighted by Gasteiger charge is -2.33. The highest BCUT2D eigenvalue weighted by Gasteiger charge is 2.42. The Labute approximate surface area is 243 Å². The lowest BCUT2D eigenvalue weighted by Crippen LogP contribution is -2.44. The van der Waals surface area contributed by atoms with E-state index in [9.17, 15) is 19.2 Å². The number of carbonyl (C=O) groups excluding carboxylic acids is 4. The Kier molecular flexibility index (Phi) is 5.68. The van der Waals surface area contributed by atoms with Crippen LogP contribution in [0.2, 0.25) is 0 Å². The highest BCUT2D eigenvalue weighted by atomic mass is 16.2. The highest BCUT2D eigenvalue weighted by molar-refractivity contribution is 6.42. The van der Waals surface area contributed by atoms with Crippen molar-refractivity contribution < 1.29 is 19.2 Å². The van der Waals surface area contributed by atoms with Gasteiger partial charge in [-0.1, -0.05) is 62.1 Å². The Morgan fingerprint density at radius 1 is 0.429 bits per heavy atom. The van der Waals surface area contributed by atoms with Crippen LogP contribution in [-0.4, -0.2) is 23.6 Å². The largest absolute Gasteiger partial charge is 0.268 e. The molecule has 0 saturated heterocycles. The van der Waals surface area contributed by atoms with Crippen molar-refractivity contribution in [2.75, 3.05) is 9.80 Å². The monoisotopic (exact) mass is 554 g/mol. The molecule has 4 amide bonds. The number of hydrogen-bond donors (Lipinski definition) is 0. The minimum Gasteiger partial charge on any atom is -0.268 e. The summed E-state index contributed by atoms with van der Waals surface area (Å²) in [6.45, 7) is 0. The van der Waals surface area contributed by atoms with Crippen molar-refractivity contribution in [1.82, 2.24) is 0 Å². The number of nitrogens with zero attached hydrogens (tertiary/aromatic N) is 2. The van der Waals surface area contributed by atoms with Gasteiger partial charge in [0.1, 0.15) is 0 Å². The molecule has 8 rings (SSSR count). The molecule has 4 aromatic carbocycles. The zero-order chi connectivity index (χ0) is 28.5. The second-order valence-corrected chi connectivity index (χ2v) is 12.0. The van der Waals surface area contributed by atoms with Gasteiger partial charge in [0, 0.05) is 33.0 Å². The molecular weight excluding hydrogens is 524 g/mol. The normalized spacial score (nSPS) is 19.0. The van der Waals surface area contributed by atoms with E-state index in [4.69, 9.17) is 0 Å². The molecule has 0 N–H and O–H groups in total. The van der Waals surface area contributed by atoms with Crippen molar-refractivity contribution in [1.29, 1.82) is 0 Å². The molecule has 0 atom stereocenters. The number of anilines is 2. The summed E-state index contributed by atoms with van der Waals surface area (Å²) in [5, 5.41) is 0.806. The van der Waals surface area contributed by atoms with Crippen LogP contribution in [0.3, 0.4) is 0 Å². The molecule has 0 radical (unpaired) electrons. The second kappa shape index (κ2) is 9.48. The van der Waals surface area contributed by atoms with Crippen LogP contribution in [-0.2, 0) is 0 Å². The minimum atomic E-state index is -0.421. The molecule has 6 nitrogen and oxygen atoms in total. The molecule has 6 heteroatoms. The maximum atomic E-state index is 14.1. The van der Waals surface area contributed by atoms with Gasteiger partial charge in [-0.25, -0.2) is 9.80 Å². The van der Waals surface area contributed by atoms with Crippen LogP contribution in [0.15, 0.2) is 72.8 Å². The topological polar surface area (TPSA) is 74.8 Å². The Hall–Kier alpha value is -4.58. The zero-order valence-corrected chi connectivity index (χ0v) is 23.3. The van der Waals surface area contributed by atoms with Gasteiger partial charge < -0.3 is 0 Å². The molecule has 0 bridgehead atoms. The van der Waals surface area contributed by atoms with Crippen LogP contribution >= 0.6 is 0 Å². The van der Waals surface area contributed by atoms with Gasteiger partial charge in [0.05, 0.1) is 11.4 Å². The van der Waals surface area contributed by atoms with Gasteiger partial charge in [0.25, 0.3) is 23.6 Å². The fourth-order valence-electron chi connectivity index (χ4n) is 7.86. The molecule has 2 aliphatic carbocycles. The van der Waals surface area contributed by atoms with Crippen LogP contribution in [0.4, 0.5) is 11.4 Å². The van der Waals surface area contributed by atoms with E-state index in [0.717, 1.165) is 62.5 Å². The van der Waals surface area contributed by atoms with E-state index in [0.29, 0.717) is 56.2 Å². The Bertz CT molecular complexity index is 1640. The molecule has 4 aromatic rings. The summed E-state index contributed by atoms with van der Waals surface area (Å²) >= 11 is 0. The average molecular weight is 555 g/mol. The molecule has 42 heavy (non-hydrogen) atoms. The van der Waals surface area contributed by atoms with E-state index < -0.39 is 23.6 Å². The van der Waals surface area contributed by atoms with Crippen molar-refractivity contribution in [3.05, 3.63) is 106 Å². The Morgan fingerprint density at radius 3 is 1.07 bits per heavy atom. The van der Waals surface area contributed by atoms with Crippen molar-refractivity contribution in [3.8, 4) is 0 Å². The molecule has 4 aliphatic rings. The molecule has 2 fully saturated rings. The first-order valence-corrected chi connectivity index (χ1v) is 15.1. The third kappa shape index (κ3) is 3.50. The predicted octanol–water partition coefficient (Wildman–Crippen LogP) is 7.76. The highest BCUT2D eigenvalue weighted by Crippen LogP contribution is 2.45. The molecule has 2 aliphatic heterocycles. The first-order chi connectivity index (χ1) is 20.5. The summed E-state index contributed by atoms with van der Waals surface area (Å²) < 4.78 is 0. The first-order valence-electron chi connectivity index (χ1n) is 15.1. The first kappa shape index (κ1) is 25.2. The molecule has 0 spiro atoms. The van der Waals surface area contributed by atoms with Gasteiger partial charge in [0.2, 0.25) is 0 Å². The second-order valence-electron chi connectivity index (χ2n) is 12.0. The zero-order valence-electron chi connectivity index (χ0n) is 23.3. The van der Waals surface area contributed by atoms with Crippen LogP contribution in [0, 0.1) is 0 Å². The SMILES string of the molecule is O=C1c2ccc3c4c(ccc(c24)C(=O)N1c1ccccc1C1CCCC1)C(=O)N(c1ccccc1C1CCCC1)C3=O. The molecule has 208 valence electrons. The van der Waals surface area contributed by atoms with Gasteiger partial charge in [-0.3, -0.25) is 19.2 Å². The van der Waals surface area contributed by atoms with Gasteiger partial charge in [-0.15, -0.1) is 0 Å². The number of para-hydroxylation sites is 2. The van der Waals surface area contributed by atoms with Gasteiger partial charge in [0.15, 0.2) is 0 Å². The lowest BCUT2D eigenvalue weighted by molar-refractivity contribution is 0.0872.